The third-order valence-corrected chi connectivity index (χ3v) is 3.64. The molecule has 0 saturated carbocycles. The van der Waals surface area contributed by atoms with Gasteiger partial charge in [-0.25, -0.2) is 0 Å². The molecule has 0 aliphatic heterocycles. The van der Waals surface area contributed by atoms with Crippen LogP contribution in [0.25, 0.3) is 0 Å². The molecule has 100 valence electrons. The van der Waals surface area contributed by atoms with Crippen molar-refractivity contribution in [3.63, 3.8) is 0 Å². The van der Waals surface area contributed by atoms with Gasteiger partial charge in [0.15, 0.2) is 11.5 Å². The van der Waals surface area contributed by atoms with Crippen LogP contribution < -0.4 is 9.47 Å². The Balaban J connectivity index is 2.25. The van der Waals surface area contributed by atoms with Gasteiger partial charge in [0, 0.05) is 11.2 Å². The van der Waals surface area contributed by atoms with Crippen LogP contribution in [0.2, 0.25) is 0 Å². The molecule has 0 amide bonds. The fourth-order valence-corrected chi connectivity index (χ4v) is 2.18. The Bertz CT molecular complexity index is 540. The van der Waals surface area contributed by atoms with E-state index in [0.29, 0.717) is 17.4 Å². The number of hydrogen-bond acceptors (Lipinski definition) is 2. The minimum atomic E-state index is 0.503. The Labute approximate surface area is 126 Å². The largest absolute Gasteiger partial charge is 0.493 e. The van der Waals surface area contributed by atoms with Crippen molar-refractivity contribution in [3.8, 4) is 17.2 Å². The van der Waals surface area contributed by atoms with Crippen molar-refractivity contribution in [3.05, 3.63) is 53.6 Å². The molecular weight excluding hydrogens is 328 g/mol. The van der Waals surface area contributed by atoms with E-state index in [2.05, 4.69) is 15.9 Å². The highest BCUT2D eigenvalue weighted by Crippen LogP contribution is 2.33. The third-order valence-electron chi connectivity index (χ3n) is 2.69. The van der Waals surface area contributed by atoms with Gasteiger partial charge >= 0.3 is 0 Å². The van der Waals surface area contributed by atoms with E-state index in [-0.39, 0.29) is 0 Å². The smallest absolute Gasteiger partial charge is 0.169 e. The first kappa shape index (κ1) is 14.2. The van der Waals surface area contributed by atoms with Gasteiger partial charge in [-0.3, -0.25) is 0 Å². The Morgan fingerprint density at radius 3 is 2.26 bits per heavy atom. The van der Waals surface area contributed by atoms with Gasteiger partial charge in [0.1, 0.15) is 5.75 Å². The van der Waals surface area contributed by atoms with Gasteiger partial charge in [0.25, 0.3) is 0 Å². The summed E-state index contributed by atoms with van der Waals surface area (Å²) in [4.78, 5) is 0. The van der Waals surface area contributed by atoms with Crippen molar-refractivity contribution < 1.29 is 9.47 Å². The molecule has 0 fully saturated rings. The minimum absolute atomic E-state index is 0.503. The molecule has 0 aliphatic rings. The molecule has 2 aromatic rings. The van der Waals surface area contributed by atoms with Gasteiger partial charge in [-0.05, 0) is 35.4 Å². The zero-order valence-electron chi connectivity index (χ0n) is 10.5. The molecule has 19 heavy (non-hydrogen) atoms. The summed E-state index contributed by atoms with van der Waals surface area (Å²) in [6.45, 7) is 0. The van der Waals surface area contributed by atoms with Crippen molar-refractivity contribution in [1.82, 2.24) is 0 Å². The van der Waals surface area contributed by atoms with E-state index in [1.165, 1.54) is 0 Å². The predicted octanol–water partition coefficient (Wildman–Crippen LogP) is 5.12. The maximum absolute atomic E-state index is 5.85. The van der Waals surface area contributed by atoms with Gasteiger partial charge < -0.3 is 9.47 Å². The van der Waals surface area contributed by atoms with Gasteiger partial charge in [0.2, 0.25) is 0 Å². The summed E-state index contributed by atoms with van der Waals surface area (Å²) in [7, 11) is 1.63. The molecule has 0 atom stereocenters. The summed E-state index contributed by atoms with van der Waals surface area (Å²) >= 11 is 9.19. The molecule has 2 aromatic carbocycles. The lowest BCUT2D eigenvalue weighted by Crippen LogP contribution is -1.92. The van der Waals surface area contributed by atoms with Crippen molar-refractivity contribution in [2.75, 3.05) is 7.11 Å². The average molecular weight is 342 g/mol. The van der Waals surface area contributed by atoms with Crippen LogP contribution in [0.15, 0.2) is 42.5 Å². The lowest BCUT2D eigenvalue weighted by Gasteiger charge is -2.11. The summed E-state index contributed by atoms with van der Waals surface area (Å²) in [6, 6.07) is 13.6. The molecule has 0 radical (unpaired) electrons. The van der Waals surface area contributed by atoms with Crippen LogP contribution in [-0.2, 0) is 11.2 Å². The average Bonchev–Trinajstić information content (AvgIpc) is 2.48. The molecular formula is C15H14BrClO2. The first-order valence-corrected chi connectivity index (χ1v) is 7.48. The number of ether oxygens (including phenoxy) is 2. The van der Waals surface area contributed by atoms with Crippen LogP contribution >= 0.6 is 27.5 Å². The minimum Gasteiger partial charge on any atom is -0.493 e. The Hall–Kier alpha value is -1.19. The quantitative estimate of drug-likeness (QED) is 0.703. The van der Waals surface area contributed by atoms with E-state index in [1.807, 2.05) is 42.5 Å². The van der Waals surface area contributed by atoms with Crippen LogP contribution in [0, 0.1) is 0 Å². The van der Waals surface area contributed by atoms with Crippen molar-refractivity contribution in [2.45, 2.75) is 11.2 Å². The van der Waals surface area contributed by atoms with E-state index < -0.39 is 0 Å². The molecule has 0 saturated heterocycles. The Kier molecular flexibility index (Phi) is 5.11. The van der Waals surface area contributed by atoms with E-state index in [4.69, 9.17) is 21.1 Å². The lowest BCUT2D eigenvalue weighted by atomic mass is 10.2. The molecule has 2 nitrogen and oxygen atoms in total. The number of rotatable bonds is 5. The maximum atomic E-state index is 5.85. The van der Waals surface area contributed by atoms with E-state index in [9.17, 15) is 0 Å². The second kappa shape index (κ2) is 6.83. The van der Waals surface area contributed by atoms with E-state index >= 15 is 0 Å². The summed E-state index contributed by atoms with van der Waals surface area (Å²) in [5.41, 5.74) is 2.20. The van der Waals surface area contributed by atoms with Crippen molar-refractivity contribution in [1.29, 1.82) is 0 Å². The van der Waals surface area contributed by atoms with Gasteiger partial charge in [-0.15, -0.1) is 11.6 Å². The number of halogens is 2. The first-order chi connectivity index (χ1) is 9.26. The molecule has 0 heterocycles. The molecule has 0 spiro atoms. The van der Waals surface area contributed by atoms with Crippen LogP contribution in [0.5, 0.6) is 17.2 Å². The summed E-state index contributed by atoms with van der Waals surface area (Å²) in [5, 5.41) is 0.776. The fourth-order valence-electron chi connectivity index (χ4n) is 1.66. The zero-order valence-corrected chi connectivity index (χ0v) is 12.9. The van der Waals surface area contributed by atoms with Gasteiger partial charge in [-0.2, -0.15) is 0 Å². The monoisotopic (exact) mass is 340 g/mol. The second-order valence-corrected chi connectivity index (χ2v) is 4.83. The first-order valence-electron chi connectivity index (χ1n) is 5.82. The standard InChI is InChI=1S/C15H14BrClO2/c1-18-14-7-4-12(9-16)8-15(14)19-13-5-2-11(10-17)3-6-13/h2-8H,9-10H2,1H3. The second-order valence-electron chi connectivity index (χ2n) is 4.00. The van der Waals surface area contributed by atoms with Crippen LogP contribution in [0.1, 0.15) is 11.1 Å². The Morgan fingerprint density at radius 2 is 1.68 bits per heavy atom. The molecule has 0 aliphatic carbocycles. The van der Waals surface area contributed by atoms with Gasteiger partial charge in [-0.1, -0.05) is 34.1 Å². The SMILES string of the molecule is COc1ccc(CBr)cc1Oc1ccc(CCl)cc1. The highest BCUT2D eigenvalue weighted by molar-refractivity contribution is 9.08. The lowest BCUT2D eigenvalue weighted by molar-refractivity contribution is 0.378. The third kappa shape index (κ3) is 3.64. The molecule has 4 heteroatoms. The number of hydrogen-bond donors (Lipinski definition) is 0. The van der Waals surface area contributed by atoms with E-state index in [1.54, 1.807) is 7.11 Å². The van der Waals surface area contributed by atoms with Crippen LogP contribution in [0.3, 0.4) is 0 Å². The molecule has 0 aromatic heterocycles. The Morgan fingerprint density at radius 1 is 1.00 bits per heavy atom. The molecule has 0 N–H and O–H groups in total. The van der Waals surface area contributed by atoms with Crippen molar-refractivity contribution in [2.24, 2.45) is 0 Å². The zero-order chi connectivity index (χ0) is 13.7. The molecule has 2 rings (SSSR count). The van der Waals surface area contributed by atoms with Crippen molar-refractivity contribution >= 4 is 27.5 Å². The van der Waals surface area contributed by atoms with E-state index in [0.717, 1.165) is 22.2 Å². The highest BCUT2D eigenvalue weighted by Gasteiger charge is 2.07. The number of benzene rings is 2. The predicted molar refractivity (Wildman–Crippen MR) is 81.7 cm³/mol. The summed E-state index contributed by atoms with van der Waals surface area (Å²) < 4.78 is 11.2. The van der Waals surface area contributed by atoms with Crippen LogP contribution in [-0.4, -0.2) is 7.11 Å². The van der Waals surface area contributed by atoms with Gasteiger partial charge in [0.05, 0.1) is 7.11 Å². The topological polar surface area (TPSA) is 18.5 Å². The maximum Gasteiger partial charge on any atom is 0.169 e. The molecule has 0 bridgehead atoms. The number of alkyl halides is 2. The highest BCUT2D eigenvalue weighted by atomic mass is 79.9. The summed E-state index contributed by atoms with van der Waals surface area (Å²) in [6.07, 6.45) is 0. The molecule has 0 unspecified atom stereocenters. The fraction of sp³-hybridized carbons (Fsp3) is 0.200. The van der Waals surface area contributed by atoms with Crippen LogP contribution in [0.4, 0.5) is 0 Å². The number of methoxy groups -OCH3 is 1. The summed E-state index contributed by atoms with van der Waals surface area (Å²) in [5.74, 6) is 2.69. The normalized spacial score (nSPS) is 10.3.